The summed E-state index contributed by atoms with van der Waals surface area (Å²) in [6.07, 6.45) is -0.0218. The van der Waals surface area contributed by atoms with Gasteiger partial charge >= 0.3 is 0 Å². The molecule has 7 heteroatoms. The van der Waals surface area contributed by atoms with E-state index in [2.05, 4.69) is 22.0 Å². The van der Waals surface area contributed by atoms with Crippen LogP contribution in [0.4, 0.5) is 5.69 Å². The van der Waals surface area contributed by atoms with Crippen LogP contribution >= 0.6 is 0 Å². The van der Waals surface area contributed by atoms with Crippen LogP contribution in [0.15, 0.2) is 53.6 Å². The molecule has 0 spiro atoms. The number of nitrogens with zero attached hydrogens (tertiary/aromatic N) is 3. The molecule has 0 radical (unpaired) electrons. The second-order valence-electron chi connectivity index (χ2n) is 6.96. The second kappa shape index (κ2) is 7.35. The molecule has 2 heterocycles. The molecule has 0 fully saturated rings. The van der Waals surface area contributed by atoms with Crippen LogP contribution in [0.5, 0.6) is 0 Å². The average Bonchev–Trinajstić information content (AvgIpc) is 3.24. The number of anilines is 1. The third-order valence-electron chi connectivity index (χ3n) is 5.04. The van der Waals surface area contributed by atoms with E-state index < -0.39 is 0 Å². The van der Waals surface area contributed by atoms with Crippen LogP contribution in [-0.4, -0.2) is 26.9 Å². The van der Waals surface area contributed by atoms with Crippen molar-refractivity contribution in [2.24, 2.45) is 0 Å². The number of rotatable bonds is 5. The molecule has 29 heavy (non-hydrogen) atoms. The number of benzene rings is 2. The molecule has 0 saturated heterocycles. The van der Waals surface area contributed by atoms with E-state index in [-0.39, 0.29) is 36.5 Å². The lowest BCUT2D eigenvalue weighted by Gasteiger charge is -2.14. The Kier molecular flexibility index (Phi) is 4.72. The lowest BCUT2D eigenvalue weighted by molar-refractivity contribution is -0.115. The molecule has 0 aliphatic carbocycles. The fourth-order valence-corrected chi connectivity index (χ4v) is 3.29. The quantitative estimate of drug-likeness (QED) is 0.723. The van der Waals surface area contributed by atoms with Crippen LogP contribution < -0.4 is 5.32 Å². The standard InChI is InChI=1S/C22H20N4O3/c1-13-7-6-10-18(14(13)2)23-20(27)11-19-24-21(29-25-19)12-26-15(3)16-8-4-5-9-17(16)22(26)28/h4-10H,3,11-12H2,1-2H3,(H,23,27). The van der Waals surface area contributed by atoms with E-state index in [1.165, 1.54) is 4.90 Å². The van der Waals surface area contributed by atoms with Gasteiger partial charge in [0.25, 0.3) is 5.91 Å². The molecule has 0 unspecified atom stereocenters. The molecule has 1 aliphatic heterocycles. The van der Waals surface area contributed by atoms with E-state index >= 15 is 0 Å². The van der Waals surface area contributed by atoms with Crippen LogP contribution in [0.1, 0.15) is 38.8 Å². The molecule has 3 aromatic rings. The van der Waals surface area contributed by atoms with E-state index in [1.54, 1.807) is 6.07 Å². The van der Waals surface area contributed by atoms with Gasteiger partial charge in [-0.1, -0.05) is 42.1 Å². The SMILES string of the molecule is C=C1c2ccccc2C(=O)N1Cc1nc(CC(=O)Nc2cccc(C)c2C)no1. The molecule has 4 rings (SSSR count). The molecule has 0 saturated carbocycles. The Hall–Kier alpha value is -3.74. The summed E-state index contributed by atoms with van der Waals surface area (Å²) in [5.74, 6) is 0.123. The van der Waals surface area contributed by atoms with Gasteiger partial charge in [-0.25, -0.2) is 0 Å². The molecule has 146 valence electrons. The minimum Gasteiger partial charge on any atom is -0.337 e. The van der Waals surface area contributed by atoms with E-state index in [4.69, 9.17) is 4.52 Å². The number of hydrogen-bond acceptors (Lipinski definition) is 5. The molecule has 1 N–H and O–H groups in total. The summed E-state index contributed by atoms with van der Waals surface area (Å²) >= 11 is 0. The summed E-state index contributed by atoms with van der Waals surface area (Å²) < 4.78 is 5.24. The Bertz CT molecular complexity index is 1100. The van der Waals surface area contributed by atoms with Crippen LogP contribution in [-0.2, 0) is 17.8 Å². The lowest BCUT2D eigenvalue weighted by Crippen LogP contribution is -2.22. The van der Waals surface area contributed by atoms with Gasteiger partial charge in [-0.15, -0.1) is 0 Å². The maximum absolute atomic E-state index is 12.6. The summed E-state index contributed by atoms with van der Waals surface area (Å²) in [5.41, 5.74) is 4.87. The Labute approximate surface area is 168 Å². The number of carbonyl (C=O) groups excluding carboxylic acids is 2. The topological polar surface area (TPSA) is 88.3 Å². The highest BCUT2D eigenvalue weighted by Crippen LogP contribution is 2.32. The number of fused-ring (bicyclic) bond motifs is 1. The largest absolute Gasteiger partial charge is 0.337 e. The molecular weight excluding hydrogens is 368 g/mol. The van der Waals surface area contributed by atoms with Gasteiger partial charge in [0, 0.05) is 22.5 Å². The van der Waals surface area contributed by atoms with E-state index in [0.717, 1.165) is 22.4 Å². The van der Waals surface area contributed by atoms with E-state index in [9.17, 15) is 9.59 Å². The first-order valence-corrected chi connectivity index (χ1v) is 9.21. The summed E-state index contributed by atoms with van der Waals surface area (Å²) in [5, 5.41) is 6.73. The van der Waals surface area contributed by atoms with Gasteiger partial charge in [0.2, 0.25) is 11.8 Å². The first kappa shape index (κ1) is 18.6. The highest BCUT2D eigenvalue weighted by Gasteiger charge is 2.31. The number of hydrogen-bond donors (Lipinski definition) is 1. The van der Waals surface area contributed by atoms with Crippen molar-refractivity contribution in [2.45, 2.75) is 26.8 Å². The average molecular weight is 388 g/mol. The van der Waals surface area contributed by atoms with Crippen molar-refractivity contribution in [1.82, 2.24) is 15.0 Å². The minimum atomic E-state index is -0.236. The van der Waals surface area contributed by atoms with Crippen LogP contribution in [0.2, 0.25) is 0 Å². The number of aryl methyl sites for hydroxylation is 1. The highest BCUT2D eigenvalue weighted by molar-refractivity contribution is 6.08. The van der Waals surface area contributed by atoms with Crippen LogP contribution in [0.3, 0.4) is 0 Å². The van der Waals surface area contributed by atoms with Crippen LogP contribution in [0.25, 0.3) is 5.70 Å². The van der Waals surface area contributed by atoms with E-state index in [1.807, 2.05) is 50.2 Å². The molecule has 1 aliphatic rings. The zero-order chi connectivity index (χ0) is 20.5. The molecule has 0 bridgehead atoms. The predicted molar refractivity (Wildman–Crippen MR) is 108 cm³/mol. The molecule has 2 amide bonds. The Morgan fingerprint density at radius 3 is 2.66 bits per heavy atom. The van der Waals surface area contributed by atoms with Crippen molar-refractivity contribution in [2.75, 3.05) is 5.32 Å². The summed E-state index contributed by atoms with van der Waals surface area (Å²) in [6.45, 7) is 8.04. The maximum Gasteiger partial charge on any atom is 0.259 e. The van der Waals surface area contributed by atoms with Gasteiger partial charge < -0.3 is 9.84 Å². The van der Waals surface area contributed by atoms with E-state index in [0.29, 0.717) is 11.3 Å². The highest BCUT2D eigenvalue weighted by atomic mass is 16.5. The van der Waals surface area contributed by atoms with Gasteiger partial charge in [0.15, 0.2) is 5.82 Å². The number of carbonyl (C=O) groups is 2. The minimum absolute atomic E-state index is 0.0218. The monoisotopic (exact) mass is 388 g/mol. The Balaban J connectivity index is 1.42. The van der Waals surface area contributed by atoms with Gasteiger partial charge in [0.1, 0.15) is 6.54 Å². The number of nitrogens with one attached hydrogen (secondary N) is 1. The maximum atomic E-state index is 12.6. The summed E-state index contributed by atoms with van der Waals surface area (Å²) in [4.78, 5) is 30.7. The predicted octanol–water partition coefficient (Wildman–Crippen LogP) is 3.49. The van der Waals surface area contributed by atoms with Gasteiger partial charge in [0.05, 0.1) is 6.42 Å². The zero-order valence-electron chi connectivity index (χ0n) is 16.2. The number of aromatic nitrogens is 2. The molecule has 0 atom stereocenters. The van der Waals surface area contributed by atoms with Crippen molar-refractivity contribution >= 4 is 23.2 Å². The van der Waals surface area contributed by atoms with Crippen molar-refractivity contribution in [3.8, 4) is 0 Å². The number of amides is 2. The zero-order valence-corrected chi connectivity index (χ0v) is 16.2. The fraction of sp³-hybridized carbons (Fsp3) is 0.182. The summed E-state index contributed by atoms with van der Waals surface area (Å²) in [6, 6.07) is 13.0. The third-order valence-corrected chi connectivity index (χ3v) is 5.04. The fourth-order valence-electron chi connectivity index (χ4n) is 3.29. The molecule has 1 aromatic heterocycles. The summed E-state index contributed by atoms with van der Waals surface area (Å²) in [7, 11) is 0. The van der Waals surface area contributed by atoms with Gasteiger partial charge in [-0.2, -0.15) is 4.98 Å². The second-order valence-corrected chi connectivity index (χ2v) is 6.96. The van der Waals surface area contributed by atoms with Crippen molar-refractivity contribution in [3.05, 3.63) is 83.0 Å². The van der Waals surface area contributed by atoms with Crippen LogP contribution in [0, 0.1) is 13.8 Å². The third kappa shape index (κ3) is 3.54. The Morgan fingerprint density at radius 1 is 1.14 bits per heavy atom. The van der Waals surface area contributed by atoms with Gasteiger partial charge in [-0.05, 0) is 37.1 Å². The van der Waals surface area contributed by atoms with Gasteiger partial charge in [-0.3, -0.25) is 14.5 Å². The first-order valence-electron chi connectivity index (χ1n) is 9.21. The molecule has 7 nitrogen and oxygen atoms in total. The Morgan fingerprint density at radius 2 is 1.90 bits per heavy atom. The van der Waals surface area contributed by atoms with Crippen molar-refractivity contribution in [3.63, 3.8) is 0 Å². The first-order chi connectivity index (χ1) is 13.9. The molecule has 2 aromatic carbocycles. The van der Waals surface area contributed by atoms with Crippen molar-refractivity contribution < 1.29 is 14.1 Å². The smallest absolute Gasteiger partial charge is 0.259 e. The lowest BCUT2D eigenvalue weighted by atomic mass is 10.1. The normalized spacial score (nSPS) is 13.0. The molecular formula is C22H20N4O3. The van der Waals surface area contributed by atoms with Crippen molar-refractivity contribution in [1.29, 1.82) is 0 Å².